The Morgan fingerprint density at radius 1 is 0.737 bits per heavy atom. The highest BCUT2D eigenvalue weighted by atomic mass is 32.3. The van der Waals surface area contributed by atoms with Gasteiger partial charge in [0.1, 0.15) is 0 Å². The van der Waals surface area contributed by atoms with E-state index < -0.39 is 20.8 Å². The SMILES string of the molecule is CCNCC.CCNCC.O=S(=O)(O)OS(=O)(=O)O. The maximum absolute atomic E-state index is 9.44. The molecular formula is C8H24N2O7S2. The molecule has 120 valence electrons. The van der Waals surface area contributed by atoms with Gasteiger partial charge in [0.25, 0.3) is 0 Å². The second kappa shape index (κ2) is 14.1. The number of nitrogens with one attached hydrogen (secondary N) is 2. The van der Waals surface area contributed by atoms with Crippen LogP contribution in [0.15, 0.2) is 0 Å². The summed E-state index contributed by atoms with van der Waals surface area (Å²) in [6.45, 7) is 12.8. The number of rotatable bonds is 6. The van der Waals surface area contributed by atoms with Crippen LogP contribution in [0.1, 0.15) is 27.7 Å². The molecule has 0 aliphatic carbocycles. The Kier molecular flexibility index (Phi) is 17.7. The quantitative estimate of drug-likeness (QED) is 0.490. The molecule has 11 heteroatoms. The van der Waals surface area contributed by atoms with Crippen LogP contribution < -0.4 is 10.6 Å². The summed E-state index contributed by atoms with van der Waals surface area (Å²) in [5.74, 6) is 0. The highest BCUT2D eigenvalue weighted by Crippen LogP contribution is 1.91. The van der Waals surface area contributed by atoms with Gasteiger partial charge in [-0.25, -0.2) is 0 Å². The van der Waals surface area contributed by atoms with Gasteiger partial charge in [-0.15, -0.1) is 3.63 Å². The van der Waals surface area contributed by atoms with E-state index in [1.165, 1.54) is 0 Å². The first-order chi connectivity index (χ1) is 8.54. The molecule has 0 radical (unpaired) electrons. The average Bonchev–Trinajstić information content (AvgIpc) is 2.16. The molecule has 0 aliphatic heterocycles. The van der Waals surface area contributed by atoms with Gasteiger partial charge in [-0.05, 0) is 26.2 Å². The van der Waals surface area contributed by atoms with Crippen molar-refractivity contribution in [3.8, 4) is 0 Å². The molecule has 0 aromatic rings. The summed E-state index contributed by atoms with van der Waals surface area (Å²) in [5.41, 5.74) is 0. The lowest BCUT2D eigenvalue weighted by Gasteiger charge is -1.89. The Hall–Kier alpha value is -0.300. The van der Waals surface area contributed by atoms with E-state index in [2.05, 4.69) is 42.0 Å². The molecule has 0 aliphatic rings. The molecule has 4 N–H and O–H groups in total. The Bertz CT molecular complexity index is 327. The third-order valence-electron chi connectivity index (χ3n) is 1.17. The predicted molar refractivity (Wildman–Crippen MR) is 72.6 cm³/mol. The fraction of sp³-hybridized carbons (Fsp3) is 1.00. The third-order valence-corrected chi connectivity index (χ3v) is 2.55. The Labute approximate surface area is 115 Å². The van der Waals surface area contributed by atoms with E-state index in [1.807, 2.05) is 0 Å². The second-order valence-corrected chi connectivity index (χ2v) is 5.09. The summed E-state index contributed by atoms with van der Waals surface area (Å²) in [7, 11) is -10.2. The van der Waals surface area contributed by atoms with Crippen molar-refractivity contribution in [3.05, 3.63) is 0 Å². The molecule has 0 fully saturated rings. The number of hydrogen-bond donors (Lipinski definition) is 4. The van der Waals surface area contributed by atoms with Crippen LogP contribution in [-0.2, 0) is 24.4 Å². The van der Waals surface area contributed by atoms with Gasteiger partial charge in [0.05, 0.1) is 0 Å². The summed E-state index contributed by atoms with van der Waals surface area (Å²) in [4.78, 5) is 0. The molecule has 0 unspecified atom stereocenters. The molecule has 0 saturated carbocycles. The lowest BCUT2D eigenvalue weighted by atomic mass is 10.7. The summed E-state index contributed by atoms with van der Waals surface area (Å²) in [6.07, 6.45) is 0. The molecular weight excluding hydrogens is 300 g/mol. The van der Waals surface area contributed by atoms with Crippen molar-refractivity contribution in [1.29, 1.82) is 0 Å². The van der Waals surface area contributed by atoms with E-state index in [4.69, 9.17) is 9.11 Å². The molecule has 0 aromatic heterocycles. The van der Waals surface area contributed by atoms with Crippen LogP contribution in [-0.4, -0.2) is 52.1 Å². The molecule has 0 rings (SSSR count). The van der Waals surface area contributed by atoms with Crippen molar-refractivity contribution in [2.24, 2.45) is 0 Å². The molecule has 9 nitrogen and oxygen atoms in total. The molecule has 0 spiro atoms. The standard InChI is InChI=1S/2C4H11N.H2O7S2/c2*1-3-5-4-2;1-8(2,3)7-9(4,5)6/h2*5H,3-4H2,1-2H3;(H,1,2,3)(H,4,5,6). The van der Waals surface area contributed by atoms with Gasteiger partial charge >= 0.3 is 20.8 Å². The first-order valence-corrected chi connectivity index (χ1v) is 8.34. The minimum absolute atomic E-state index is 1.09. The highest BCUT2D eigenvalue weighted by Gasteiger charge is 2.15. The van der Waals surface area contributed by atoms with Crippen molar-refractivity contribution < 1.29 is 29.6 Å². The van der Waals surface area contributed by atoms with Gasteiger partial charge < -0.3 is 10.6 Å². The molecule has 0 saturated heterocycles. The minimum Gasteiger partial charge on any atom is -0.317 e. The van der Waals surface area contributed by atoms with Crippen LogP contribution in [0.3, 0.4) is 0 Å². The summed E-state index contributed by atoms with van der Waals surface area (Å²) in [5, 5.41) is 6.22. The van der Waals surface area contributed by atoms with Gasteiger partial charge in [0.15, 0.2) is 0 Å². The van der Waals surface area contributed by atoms with Gasteiger partial charge in [0, 0.05) is 0 Å². The monoisotopic (exact) mass is 324 g/mol. The largest absolute Gasteiger partial charge is 0.413 e. The molecule has 19 heavy (non-hydrogen) atoms. The zero-order chi connectivity index (χ0) is 15.9. The van der Waals surface area contributed by atoms with E-state index in [9.17, 15) is 16.8 Å². The summed E-state index contributed by atoms with van der Waals surface area (Å²) < 4.78 is 55.6. The maximum Gasteiger partial charge on any atom is 0.413 e. The van der Waals surface area contributed by atoms with Crippen molar-refractivity contribution >= 4 is 20.8 Å². The first-order valence-electron chi connectivity index (χ1n) is 5.61. The number of hydrogen-bond acceptors (Lipinski definition) is 7. The fourth-order valence-corrected chi connectivity index (χ4v) is 1.48. The zero-order valence-electron chi connectivity index (χ0n) is 11.6. The zero-order valence-corrected chi connectivity index (χ0v) is 13.2. The molecule has 0 atom stereocenters. The van der Waals surface area contributed by atoms with Crippen LogP contribution in [0, 0.1) is 0 Å². The van der Waals surface area contributed by atoms with Crippen molar-refractivity contribution in [3.63, 3.8) is 0 Å². The van der Waals surface area contributed by atoms with E-state index in [1.54, 1.807) is 0 Å². The normalized spacial score (nSPS) is 10.8. The summed E-state index contributed by atoms with van der Waals surface area (Å²) in [6, 6.07) is 0. The lowest BCUT2D eigenvalue weighted by Crippen LogP contribution is -2.10. The Balaban J connectivity index is -0.000000219. The average molecular weight is 324 g/mol. The topological polar surface area (TPSA) is 142 Å². The first kappa shape index (κ1) is 23.8. The maximum atomic E-state index is 9.44. The Morgan fingerprint density at radius 2 is 0.947 bits per heavy atom. The minimum atomic E-state index is -5.12. The van der Waals surface area contributed by atoms with Crippen molar-refractivity contribution in [2.75, 3.05) is 26.2 Å². The summed E-state index contributed by atoms with van der Waals surface area (Å²) >= 11 is 0. The molecule has 0 amide bonds. The highest BCUT2D eigenvalue weighted by molar-refractivity contribution is 7.94. The van der Waals surface area contributed by atoms with E-state index in [0.717, 1.165) is 26.2 Å². The molecule has 0 heterocycles. The van der Waals surface area contributed by atoms with Crippen LogP contribution in [0.2, 0.25) is 0 Å². The molecule has 0 aromatic carbocycles. The van der Waals surface area contributed by atoms with Gasteiger partial charge in [-0.3, -0.25) is 9.11 Å². The fourth-order valence-electron chi connectivity index (χ4n) is 0.609. The van der Waals surface area contributed by atoms with Gasteiger partial charge in [-0.2, -0.15) is 16.8 Å². The molecule has 0 bridgehead atoms. The van der Waals surface area contributed by atoms with Crippen LogP contribution in [0.5, 0.6) is 0 Å². The second-order valence-electron chi connectivity index (χ2n) is 2.84. The van der Waals surface area contributed by atoms with Crippen molar-refractivity contribution in [1.82, 2.24) is 10.6 Å². The smallest absolute Gasteiger partial charge is 0.317 e. The Morgan fingerprint density at radius 3 is 0.947 bits per heavy atom. The van der Waals surface area contributed by atoms with E-state index >= 15 is 0 Å². The van der Waals surface area contributed by atoms with Gasteiger partial charge in [0.2, 0.25) is 0 Å². The van der Waals surface area contributed by atoms with Crippen LogP contribution in [0.4, 0.5) is 0 Å². The predicted octanol–water partition coefficient (Wildman–Crippen LogP) is -0.160. The van der Waals surface area contributed by atoms with E-state index in [0.29, 0.717) is 0 Å². The van der Waals surface area contributed by atoms with Crippen molar-refractivity contribution in [2.45, 2.75) is 27.7 Å². The third kappa shape index (κ3) is 46.4. The van der Waals surface area contributed by atoms with E-state index in [-0.39, 0.29) is 0 Å². The lowest BCUT2D eigenvalue weighted by molar-refractivity contribution is 0.344. The van der Waals surface area contributed by atoms with Gasteiger partial charge in [-0.1, -0.05) is 27.7 Å². The van der Waals surface area contributed by atoms with Crippen LogP contribution >= 0.6 is 0 Å². The van der Waals surface area contributed by atoms with Crippen LogP contribution in [0.25, 0.3) is 0 Å².